The Kier molecular flexibility index (Phi) is 5.87. The monoisotopic (exact) mass is 358 g/mol. The molecule has 0 atom stereocenters. The predicted octanol–water partition coefficient (Wildman–Crippen LogP) is 4.83. The Morgan fingerprint density at radius 2 is 1.92 bits per heavy atom. The average molecular weight is 359 g/mol. The second kappa shape index (κ2) is 8.30. The molecule has 1 aliphatic carbocycles. The van der Waals surface area contributed by atoms with Gasteiger partial charge in [0.1, 0.15) is 5.69 Å². The number of nitrogens with one attached hydrogen (secondary N) is 2. The molecule has 1 saturated carbocycles. The van der Waals surface area contributed by atoms with Crippen LogP contribution in [-0.4, -0.2) is 21.9 Å². The van der Waals surface area contributed by atoms with E-state index in [0.717, 1.165) is 18.4 Å². The summed E-state index contributed by atoms with van der Waals surface area (Å²) in [5.41, 5.74) is 1.96. The lowest BCUT2D eigenvalue weighted by atomic mass is 10.1. The fourth-order valence-electron chi connectivity index (χ4n) is 3.03. The molecule has 1 fully saturated rings. The van der Waals surface area contributed by atoms with Crippen LogP contribution in [0.5, 0.6) is 0 Å². The van der Waals surface area contributed by atoms with Gasteiger partial charge in [0, 0.05) is 22.9 Å². The summed E-state index contributed by atoms with van der Waals surface area (Å²) >= 11 is 6.10. The summed E-state index contributed by atoms with van der Waals surface area (Å²) in [7, 11) is 0. The third-order valence-corrected chi connectivity index (χ3v) is 4.91. The fourth-order valence-corrected chi connectivity index (χ4v) is 3.21. The van der Waals surface area contributed by atoms with E-state index >= 15 is 0 Å². The van der Waals surface area contributed by atoms with E-state index in [1.807, 2.05) is 19.1 Å². The lowest BCUT2D eigenvalue weighted by molar-refractivity contribution is 0.102. The Hall–Kier alpha value is -2.14. The number of aromatic nitrogens is 2. The van der Waals surface area contributed by atoms with E-state index in [1.165, 1.54) is 25.7 Å². The van der Waals surface area contributed by atoms with Gasteiger partial charge in [-0.1, -0.05) is 43.4 Å². The summed E-state index contributed by atoms with van der Waals surface area (Å²) in [6.07, 6.45) is 8.91. The van der Waals surface area contributed by atoms with Crippen LogP contribution >= 0.6 is 11.6 Å². The zero-order valence-corrected chi connectivity index (χ0v) is 15.1. The number of nitrogens with zero attached hydrogens (tertiary/aromatic N) is 2. The van der Waals surface area contributed by atoms with Crippen molar-refractivity contribution in [3.63, 3.8) is 0 Å². The molecule has 2 N–H and O–H groups in total. The highest BCUT2D eigenvalue weighted by Gasteiger charge is 2.15. The second-order valence-corrected chi connectivity index (χ2v) is 6.92. The third-order valence-electron chi connectivity index (χ3n) is 4.51. The van der Waals surface area contributed by atoms with Crippen LogP contribution in [0.25, 0.3) is 0 Å². The molecule has 132 valence electrons. The first-order valence-corrected chi connectivity index (χ1v) is 9.17. The Balaban J connectivity index is 1.67. The maximum absolute atomic E-state index is 12.4. The van der Waals surface area contributed by atoms with Crippen LogP contribution in [0.15, 0.2) is 30.5 Å². The zero-order valence-electron chi connectivity index (χ0n) is 14.4. The molecule has 0 aliphatic heterocycles. The van der Waals surface area contributed by atoms with E-state index in [9.17, 15) is 4.79 Å². The summed E-state index contributed by atoms with van der Waals surface area (Å²) in [6.45, 7) is 1.92. The van der Waals surface area contributed by atoms with Gasteiger partial charge in [0.2, 0.25) is 5.95 Å². The minimum Gasteiger partial charge on any atom is -0.351 e. The van der Waals surface area contributed by atoms with Crippen molar-refractivity contribution in [3.8, 4) is 0 Å². The molecule has 2 aromatic rings. The largest absolute Gasteiger partial charge is 0.351 e. The van der Waals surface area contributed by atoms with E-state index in [-0.39, 0.29) is 5.91 Å². The van der Waals surface area contributed by atoms with Gasteiger partial charge in [0.25, 0.3) is 5.91 Å². The summed E-state index contributed by atoms with van der Waals surface area (Å²) < 4.78 is 0. The Labute approximate surface area is 153 Å². The summed E-state index contributed by atoms with van der Waals surface area (Å²) in [6, 6.07) is 7.43. The van der Waals surface area contributed by atoms with E-state index in [4.69, 9.17) is 11.6 Å². The molecule has 0 radical (unpaired) electrons. The van der Waals surface area contributed by atoms with Gasteiger partial charge < -0.3 is 10.6 Å². The number of aryl methyl sites for hydroxylation is 1. The first-order chi connectivity index (χ1) is 12.1. The van der Waals surface area contributed by atoms with Gasteiger partial charge >= 0.3 is 0 Å². The lowest BCUT2D eigenvalue weighted by Crippen LogP contribution is -2.21. The molecule has 3 rings (SSSR count). The zero-order chi connectivity index (χ0) is 17.6. The number of rotatable bonds is 4. The maximum Gasteiger partial charge on any atom is 0.274 e. The molecule has 0 spiro atoms. The quantitative estimate of drug-likeness (QED) is 0.768. The highest BCUT2D eigenvalue weighted by atomic mass is 35.5. The number of halogens is 1. The van der Waals surface area contributed by atoms with Crippen LogP contribution in [-0.2, 0) is 0 Å². The standard InChI is InChI=1S/C19H23ClN4O/c1-13-8-9-15(12-16(13)20)22-18(25)17-10-11-21-19(24-17)23-14-6-4-2-3-5-7-14/h8-12,14H,2-7H2,1H3,(H,22,25)(H,21,23,24). The number of hydrogen-bond donors (Lipinski definition) is 2. The Morgan fingerprint density at radius 1 is 1.16 bits per heavy atom. The number of amides is 1. The van der Waals surface area contributed by atoms with Crippen LogP contribution < -0.4 is 10.6 Å². The SMILES string of the molecule is Cc1ccc(NC(=O)c2ccnc(NC3CCCCCC3)n2)cc1Cl. The van der Waals surface area contributed by atoms with Crippen LogP contribution in [0.4, 0.5) is 11.6 Å². The molecule has 1 amide bonds. The van der Waals surface area contributed by atoms with Crippen LogP contribution in [0.2, 0.25) is 5.02 Å². The van der Waals surface area contributed by atoms with Gasteiger partial charge in [-0.25, -0.2) is 9.97 Å². The third kappa shape index (κ3) is 4.92. The molecule has 5 nitrogen and oxygen atoms in total. The molecular formula is C19H23ClN4O. The number of anilines is 2. The minimum absolute atomic E-state index is 0.272. The number of benzene rings is 1. The van der Waals surface area contributed by atoms with Crippen molar-refractivity contribution in [1.29, 1.82) is 0 Å². The van der Waals surface area contributed by atoms with Crippen LogP contribution in [0.1, 0.15) is 54.6 Å². The number of carbonyl (C=O) groups excluding carboxylic acids is 1. The second-order valence-electron chi connectivity index (χ2n) is 6.52. The summed E-state index contributed by atoms with van der Waals surface area (Å²) in [4.78, 5) is 21.1. The first-order valence-electron chi connectivity index (χ1n) is 8.79. The van der Waals surface area contributed by atoms with Gasteiger partial charge in [-0.15, -0.1) is 0 Å². The van der Waals surface area contributed by atoms with Crippen molar-refractivity contribution in [2.75, 3.05) is 10.6 Å². The fraction of sp³-hybridized carbons (Fsp3) is 0.421. The van der Waals surface area contributed by atoms with Crippen LogP contribution in [0, 0.1) is 6.92 Å². The van der Waals surface area contributed by atoms with E-state index in [2.05, 4.69) is 20.6 Å². The molecule has 1 aromatic carbocycles. The van der Waals surface area contributed by atoms with E-state index in [0.29, 0.717) is 28.4 Å². The highest BCUT2D eigenvalue weighted by Crippen LogP contribution is 2.21. The first kappa shape index (κ1) is 17.7. The van der Waals surface area contributed by atoms with Gasteiger partial charge in [0.05, 0.1) is 0 Å². The van der Waals surface area contributed by atoms with Gasteiger partial charge in [-0.05, 0) is 43.5 Å². The predicted molar refractivity (Wildman–Crippen MR) is 101 cm³/mol. The molecule has 0 bridgehead atoms. The minimum atomic E-state index is -0.272. The molecule has 0 unspecified atom stereocenters. The van der Waals surface area contributed by atoms with Crippen molar-refractivity contribution in [3.05, 3.63) is 46.7 Å². The summed E-state index contributed by atoms with van der Waals surface area (Å²) in [5.74, 6) is 0.243. The molecular weight excluding hydrogens is 336 g/mol. The van der Waals surface area contributed by atoms with Crippen molar-refractivity contribution in [2.24, 2.45) is 0 Å². The smallest absolute Gasteiger partial charge is 0.274 e. The van der Waals surface area contributed by atoms with Gasteiger partial charge in [-0.3, -0.25) is 4.79 Å². The van der Waals surface area contributed by atoms with Crippen molar-refractivity contribution >= 4 is 29.1 Å². The molecule has 0 saturated heterocycles. The van der Waals surface area contributed by atoms with Crippen molar-refractivity contribution in [2.45, 2.75) is 51.5 Å². The van der Waals surface area contributed by atoms with E-state index < -0.39 is 0 Å². The van der Waals surface area contributed by atoms with Gasteiger partial charge in [0.15, 0.2) is 0 Å². The van der Waals surface area contributed by atoms with E-state index in [1.54, 1.807) is 18.3 Å². The normalized spacial score (nSPS) is 15.4. The number of hydrogen-bond acceptors (Lipinski definition) is 4. The molecule has 1 heterocycles. The lowest BCUT2D eigenvalue weighted by Gasteiger charge is -2.16. The van der Waals surface area contributed by atoms with Gasteiger partial charge in [-0.2, -0.15) is 0 Å². The van der Waals surface area contributed by atoms with Crippen molar-refractivity contribution in [1.82, 2.24) is 9.97 Å². The number of carbonyl (C=O) groups is 1. The van der Waals surface area contributed by atoms with Crippen molar-refractivity contribution < 1.29 is 4.79 Å². The molecule has 1 aliphatic rings. The molecule has 1 aromatic heterocycles. The molecule has 25 heavy (non-hydrogen) atoms. The highest BCUT2D eigenvalue weighted by molar-refractivity contribution is 6.31. The average Bonchev–Trinajstić information content (AvgIpc) is 2.87. The summed E-state index contributed by atoms with van der Waals surface area (Å²) in [5, 5.41) is 6.82. The maximum atomic E-state index is 12.4. The Bertz CT molecular complexity index is 742. The van der Waals surface area contributed by atoms with Crippen LogP contribution in [0.3, 0.4) is 0 Å². The molecule has 6 heteroatoms. The topological polar surface area (TPSA) is 66.9 Å². The Morgan fingerprint density at radius 3 is 2.64 bits per heavy atom.